The Hall–Kier alpha value is -0.890. The highest BCUT2D eigenvalue weighted by Crippen LogP contribution is 2.39. The fourth-order valence-corrected chi connectivity index (χ4v) is 4.49. The SMILES string of the molecule is CC(C)(C)OC(=O)NC1[C@@H]2CC[C@H]1CN(c1nnc(Br)s1)C2. The monoisotopic (exact) mass is 388 g/mol. The summed E-state index contributed by atoms with van der Waals surface area (Å²) >= 11 is 4.92. The van der Waals surface area contributed by atoms with Crippen LogP contribution in [0.15, 0.2) is 3.92 Å². The summed E-state index contributed by atoms with van der Waals surface area (Å²) in [6, 6.07) is 0.211. The van der Waals surface area contributed by atoms with Gasteiger partial charge in [0.15, 0.2) is 3.92 Å². The first-order valence-electron chi connectivity index (χ1n) is 7.55. The summed E-state index contributed by atoms with van der Waals surface area (Å²) in [5, 5.41) is 12.3. The van der Waals surface area contributed by atoms with Crippen LogP contribution in [0.5, 0.6) is 0 Å². The molecule has 2 fully saturated rings. The van der Waals surface area contributed by atoms with E-state index in [9.17, 15) is 4.79 Å². The number of rotatable bonds is 2. The first-order valence-corrected chi connectivity index (χ1v) is 9.16. The Morgan fingerprint density at radius 2 is 1.95 bits per heavy atom. The Kier molecular flexibility index (Phi) is 4.33. The van der Waals surface area contributed by atoms with Gasteiger partial charge in [-0.25, -0.2) is 4.79 Å². The second-order valence-corrected chi connectivity index (χ2v) is 9.24. The first kappa shape index (κ1) is 16.0. The van der Waals surface area contributed by atoms with Crippen LogP contribution in [-0.4, -0.2) is 41.0 Å². The molecule has 0 spiro atoms. The molecule has 0 radical (unpaired) electrons. The number of aromatic nitrogens is 2. The lowest BCUT2D eigenvalue weighted by molar-refractivity contribution is 0.0472. The summed E-state index contributed by atoms with van der Waals surface area (Å²) in [5.41, 5.74) is -0.456. The summed E-state index contributed by atoms with van der Waals surface area (Å²) in [6.45, 7) is 7.49. The zero-order valence-electron chi connectivity index (χ0n) is 13.0. The van der Waals surface area contributed by atoms with Gasteiger partial charge in [0.1, 0.15) is 5.60 Å². The minimum Gasteiger partial charge on any atom is -0.444 e. The second kappa shape index (κ2) is 5.96. The summed E-state index contributed by atoms with van der Waals surface area (Å²) in [6.07, 6.45) is 1.98. The molecule has 1 aromatic heterocycles. The molecule has 1 N–H and O–H groups in total. The number of carbonyl (C=O) groups excluding carboxylic acids is 1. The van der Waals surface area contributed by atoms with Crippen LogP contribution in [-0.2, 0) is 4.74 Å². The van der Waals surface area contributed by atoms with Crippen molar-refractivity contribution in [1.29, 1.82) is 0 Å². The van der Waals surface area contributed by atoms with Gasteiger partial charge in [0.25, 0.3) is 0 Å². The number of amides is 1. The van der Waals surface area contributed by atoms with Crippen molar-refractivity contribution in [3.63, 3.8) is 0 Å². The lowest BCUT2D eigenvalue weighted by Crippen LogP contribution is -2.53. The number of hydrogen-bond acceptors (Lipinski definition) is 6. The Labute approximate surface area is 142 Å². The molecule has 1 aromatic rings. The number of carbonyl (C=O) groups is 1. The number of nitrogens with one attached hydrogen (secondary N) is 1. The second-order valence-electron chi connectivity index (χ2n) is 7.01. The average molecular weight is 389 g/mol. The molecule has 2 heterocycles. The topological polar surface area (TPSA) is 67.3 Å². The summed E-state index contributed by atoms with van der Waals surface area (Å²) < 4.78 is 6.20. The van der Waals surface area contributed by atoms with Crippen molar-refractivity contribution in [3.8, 4) is 0 Å². The normalized spacial score (nSPS) is 27.8. The molecule has 2 aliphatic rings. The van der Waals surface area contributed by atoms with Gasteiger partial charge in [-0.2, -0.15) is 0 Å². The van der Waals surface area contributed by atoms with Crippen LogP contribution >= 0.6 is 27.3 Å². The van der Waals surface area contributed by atoms with Crippen molar-refractivity contribution < 1.29 is 9.53 Å². The van der Waals surface area contributed by atoms with Crippen LogP contribution in [0.2, 0.25) is 0 Å². The molecule has 2 bridgehead atoms. The molecule has 3 atom stereocenters. The fraction of sp³-hybridized carbons (Fsp3) is 0.786. The van der Waals surface area contributed by atoms with Gasteiger partial charge in [0.2, 0.25) is 5.13 Å². The van der Waals surface area contributed by atoms with E-state index in [4.69, 9.17) is 4.74 Å². The lowest BCUT2D eigenvalue weighted by Gasteiger charge is -2.38. The number of piperidine rings is 1. The Balaban J connectivity index is 1.62. The zero-order chi connectivity index (χ0) is 15.9. The predicted molar refractivity (Wildman–Crippen MR) is 89.2 cm³/mol. The van der Waals surface area contributed by atoms with Crippen molar-refractivity contribution >= 4 is 38.5 Å². The maximum atomic E-state index is 12.0. The fourth-order valence-electron chi connectivity index (χ4n) is 3.38. The van der Waals surface area contributed by atoms with Crippen LogP contribution < -0.4 is 10.2 Å². The summed E-state index contributed by atoms with van der Waals surface area (Å²) in [4.78, 5) is 14.3. The van der Waals surface area contributed by atoms with Crippen molar-refractivity contribution in [1.82, 2.24) is 15.5 Å². The van der Waals surface area contributed by atoms with Crippen molar-refractivity contribution in [2.24, 2.45) is 11.8 Å². The van der Waals surface area contributed by atoms with E-state index in [1.165, 1.54) is 0 Å². The minimum absolute atomic E-state index is 0.211. The molecule has 6 nitrogen and oxygen atoms in total. The number of hydrogen-bond donors (Lipinski definition) is 1. The zero-order valence-corrected chi connectivity index (χ0v) is 15.4. The third kappa shape index (κ3) is 3.53. The third-order valence-electron chi connectivity index (χ3n) is 4.18. The first-order chi connectivity index (χ1) is 10.3. The van der Waals surface area contributed by atoms with Crippen LogP contribution in [0.4, 0.5) is 9.93 Å². The van der Waals surface area contributed by atoms with E-state index in [0.29, 0.717) is 11.8 Å². The van der Waals surface area contributed by atoms with Gasteiger partial charge < -0.3 is 15.0 Å². The number of anilines is 1. The standard InChI is InChI=1S/C14H21BrN4O2S/c1-14(2,3)21-13(20)16-10-8-4-5-9(10)7-19(6-8)12-18-17-11(15)22-12/h8-10H,4-7H2,1-3H3,(H,16,20)/t8-,9+,10?. The molecule has 22 heavy (non-hydrogen) atoms. The van der Waals surface area contributed by atoms with Crippen molar-refractivity contribution in [2.45, 2.75) is 45.3 Å². The third-order valence-corrected chi connectivity index (χ3v) is 5.59. The molecule has 122 valence electrons. The van der Waals surface area contributed by atoms with Crippen LogP contribution in [0.1, 0.15) is 33.6 Å². The van der Waals surface area contributed by atoms with Gasteiger partial charge in [-0.05, 0) is 61.4 Å². The van der Waals surface area contributed by atoms with E-state index in [2.05, 4.69) is 36.3 Å². The summed E-state index contributed by atoms with van der Waals surface area (Å²) in [5.74, 6) is 0.905. The van der Waals surface area contributed by atoms with Gasteiger partial charge >= 0.3 is 6.09 Å². The van der Waals surface area contributed by atoms with Crippen molar-refractivity contribution in [2.75, 3.05) is 18.0 Å². The van der Waals surface area contributed by atoms with Crippen molar-refractivity contribution in [3.05, 3.63) is 3.92 Å². The lowest BCUT2D eigenvalue weighted by atomic mass is 9.92. The minimum atomic E-state index is -0.456. The number of nitrogens with zero attached hydrogens (tertiary/aromatic N) is 3. The number of fused-ring (bicyclic) bond motifs is 2. The smallest absolute Gasteiger partial charge is 0.407 e. The van der Waals surface area contributed by atoms with Gasteiger partial charge in [0.05, 0.1) is 0 Å². The van der Waals surface area contributed by atoms with Crippen LogP contribution in [0.3, 0.4) is 0 Å². The van der Waals surface area contributed by atoms with Gasteiger partial charge in [0, 0.05) is 19.1 Å². The van der Waals surface area contributed by atoms with E-state index in [1.807, 2.05) is 20.8 Å². The highest BCUT2D eigenvalue weighted by atomic mass is 79.9. The van der Waals surface area contributed by atoms with Gasteiger partial charge in [-0.3, -0.25) is 0 Å². The molecule has 1 saturated carbocycles. The molecule has 1 amide bonds. The van der Waals surface area contributed by atoms with Crippen LogP contribution in [0.25, 0.3) is 0 Å². The molecule has 8 heteroatoms. The van der Waals surface area contributed by atoms with Gasteiger partial charge in [-0.1, -0.05) is 11.3 Å². The molecule has 1 aliphatic heterocycles. The van der Waals surface area contributed by atoms with E-state index in [1.54, 1.807) is 11.3 Å². The van der Waals surface area contributed by atoms with E-state index >= 15 is 0 Å². The highest BCUT2D eigenvalue weighted by Gasteiger charge is 2.44. The Morgan fingerprint density at radius 3 is 2.45 bits per heavy atom. The molecular weight excluding hydrogens is 368 g/mol. The average Bonchev–Trinajstić information content (AvgIpc) is 2.89. The predicted octanol–water partition coefficient (Wildman–Crippen LogP) is 3.04. The number of ether oxygens (including phenoxy) is 1. The van der Waals surface area contributed by atoms with Crippen LogP contribution in [0, 0.1) is 11.8 Å². The largest absolute Gasteiger partial charge is 0.444 e. The molecular formula is C14H21BrN4O2S. The Morgan fingerprint density at radius 1 is 1.32 bits per heavy atom. The number of halogens is 1. The Bertz CT molecular complexity index is 545. The maximum Gasteiger partial charge on any atom is 0.407 e. The van der Waals surface area contributed by atoms with Gasteiger partial charge in [-0.15, -0.1) is 10.2 Å². The molecule has 3 rings (SSSR count). The molecule has 1 unspecified atom stereocenters. The molecule has 1 saturated heterocycles. The van der Waals surface area contributed by atoms with E-state index in [-0.39, 0.29) is 12.1 Å². The maximum absolute atomic E-state index is 12.0. The quantitative estimate of drug-likeness (QED) is 0.842. The molecule has 1 aliphatic carbocycles. The molecule has 0 aromatic carbocycles. The number of alkyl carbamates (subject to hydrolysis) is 1. The van der Waals surface area contributed by atoms with E-state index < -0.39 is 5.60 Å². The van der Waals surface area contributed by atoms with E-state index in [0.717, 1.165) is 35.0 Å². The summed E-state index contributed by atoms with van der Waals surface area (Å²) in [7, 11) is 0. The highest BCUT2D eigenvalue weighted by molar-refractivity contribution is 9.11.